The summed E-state index contributed by atoms with van der Waals surface area (Å²) >= 11 is 1.60. The highest BCUT2D eigenvalue weighted by Crippen LogP contribution is 2.33. The normalized spacial score (nSPS) is 14.3. The van der Waals surface area contributed by atoms with Crippen LogP contribution in [-0.4, -0.2) is 11.5 Å². The standard InChI is InChI=1S/C17H15FN2S/c18-11-2-1-3-12(8-11)21-13-4-5-16-14(9-13)15-10-19-7-6-17(15)20-16/h1-5,8-9,19-20H,6-7,10H2. The lowest BCUT2D eigenvalue weighted by Crippen LogP contribution is -2.22. The number of nitrogens with one attached hydrogen (secondary N) is 2. The van der Waals surface area contributed by atoms with Crippen molar-refractivity contribution in [2.45, 2.75) is 22.8 Å². The van der Waals surface area contributed by atoms with Gasteiger partial charge in [-0.05, 0) is 42.0 Å². The van der Waals surface area contributed by atoms with Gasteiger partial charge in [0.25, 0.3) is 0 Å². The van der Waals surface area contributed by atoms with Crippen molar-refractivity contribution in [3.8, 4) is 0 Å². The van der Waals surface area contributed by atoms with Crippen molar-refractivity contribution in [1.82, 2.24) is 10.3 Å². The van der Waals surface area contributed by atoms with Crippen LogP contribution in [0.15, 0.2) is 52.3 Å². The zero-order valence-corrected chi connectivity index (χ0v) is 12.3. The molecule has 0 fully saturated rings. The van der Waals surface area contributed by atoms with Crippen LogP contribution in [0.5, 0.6) is 0 Å². The number of H-pyrrole nitrogens is 1. The molecule has 0 saturated carbocycles. The lowest BCUT2D eigenvalue weighted by molar-refractivity contribution is 0.624. The van der Waals surface area contributed by atoms with E-state index in [1.807, 2.05) is 6.07 Å². The summed E-state index contributed by atoms with van der Waals surface area (Å²) < 4.78 is 13.3. The fraction of sp³-hybridized carbons (Fsp3) is 0.176. The average molecular weight is 298 g/mol. The molecule has 0 bridgehead atoms. The Labute approximate surface area is 126 Å². The van der Waals surface area contributed by atoms with E-state index in [1.165, 1.54) is 28.2 Å². The van der Waals surface area contributed by atoms with Gasteiger partial charge in [-0.3, -0.25) is 0 Å². The summed E-state index contributed by atoms with van der Waals surface area (Å²) in [7, 11) is 0. The van der Waals surface area contributed by atoms with Gasteiger partial charge in [0.05, 0.1) is 0 Å². The van der Waals surface area contributed by atoms with E-state index in [0.29, 0.717) is 0 Å². The molecule has 0 spiro atoms. The third kappa shape index (κ3) is 2.45. The fourth-order valence-electron chi connectivity index (χ4n) is 2.85. The minimum atomic E-state index is -0.190. The molecule has 0 aliphatic carbocycles. The van der Waals surface area contributed by atoms with Crippen LogP contribution in [0.4, 0.5) is 4.39 Å². The molecular weight excluding hydrogens is 283 g/mol. The molecule has 2 heterocycles. The first-order chi connectivity index (χ1) is 10.3. The maximum atomic E-state index is 13.3. The molecule has 4 rings (SSSR count). The smallest absolute Gasteiger partial charge is 0.124 e. The first-order valence-electron chi connectivity index (χ1n) is 7.07. The molecule has 0 radical (unpaired) electrons. The van der Waals surface area contributed by atoms with Crippen LogP contribution in [0.2, 0.25) is 0 Å². The minimum absolute atomic E-state index is 0.190. The van der Waals surface area contributed by atoms with Gasteiger partial charge in [-0.15, -0.1) is 0 Å². The van der Waals surface area contributed by atoms with E-state index in [-0.39, 0.29) is 5.82 Å². The Bertz CT molecular complexity index is 810. The van der Waals surface area contributed by atoms with Crippen molar-refractivity contribution < 1.29 is 4.39 Å². The average Bonchev–Trinajstić information content (AvgIpc) is 2.85. The molecule has 2 nitrogen and oxygen atoms in total. The predicted octanol–water partition coefficient (Wildman–Crippen LogP) is 4.10. The second kappa shape index (κ2) is 5.20. The Morgan fingerprint density at radius 3 is 2.86 bits per heavy atom. The Balaban J connectivity index is 1.73. The van der Waals surface area contributed by atoms with Crippen LogP contribution in [-0.2, 0) is 13.0 Å². The van der Waals surface area contributed by atoms with Gasteiger partial charge < -0.3 is 10.3 Å². The van der Waals surface area contributed by atoms with E-state index in [4.69, 9.17) is 0 Å². The lowest BCUT2D eigenvalue weighted by Gasteiger charge is -2.12. The number of aromatic nitrogens is 1. The Morgan fingerprint density at radius 2 is 1.95 bits per heavy atom. The largest absolute Gasteiger partial charge is 0.358 e. The molecule has 106 valence electrons. The van der Waals surface area contributed by atoms with Crippen molar-refractivity contribution in [2.24, 2.45) is 0 Å². The van der Waals surface area contributed by atoms with Crippen LogP contribution >= 0.6 is 11.8 Å². The van der Waals surface area contributed by atoms with Crippen LogP contribution in [0, 0.1) is 5.82 Å². The molecule has 2 aromatic carbocycles. The van der Waals surface area contributed by atoms with E-state index in [1.54, 1.807) is 23.9 Å². The monoisotopic (exact) mass is 298 g/mol. The molecule has 0 saturated heterocycles. The third-order valence-electron chi connectivity index (χ3n) is 3.85. The number of hydrogen-bond acceptors (Lipinski definition) is 2. The molecule has 3 aromatic rings. The summed E-state index contributed by atoms with van der Waals surface area (Å²) in [6.45, 7) is 1.95. The molecule has 21 heavy (non-hydrogen) atoms. The highest BCUT2D eigenvalue weighted by atomic mass is 32.2. The van der Waals surface area contributed by atoms with E-state index in [9.17, 15) is 4.39 Å². The number of aromatic amines is 1. The Hall–Kier alpha value is -1.78. The molecule has 1 aliphatic heterocycles. The molecular formula is C17H15FN2S. The van der Waals surface area contributed by atoms with Crippen molar-refractivity contribution in [2.75, 3.05) is 6.54 Å². The van der Waals surface area contributed by atoms with Gasteiger partial charge in [0, 0.05) is 45.9 Å². The Kier molecular flexibility index (Phi) is 3.20. The fourth-order valence-corrected chi connectivity index (χ4v) is 3.76. The highest BCUT2D eigenvalue weighted by Gasteiger charge is 2.15. The van der Waals surface area contributed by atoms with Crippen molar-refractivity contribution in [1.29, 1.82) is 0 Å². The third-order valence-corrected chi connectivity index (χ3v) is 4.83. The van der Waals surface area contributed by atoms with E-state index in [2.05, 4.69) is 28.5 Å². The van der Waals surface area contributed by atoms with Crippen molar-refractivity contribution >= 4 is 22.7 Å². The van der Waals surface area contributed by atoms with Gasteiger partial charge in [0.1, 0.15) is 5.82 Å². The number of benzene rings is 2. The summed E-state index contributed by atoms with van der Waals surface area (Å²) in [5.41, 5.74) is 3.90. The van der Waals surface area contributed by atoms with Gasteiger partial charge in [-0.1, -0.05) is 17.8 Å². The number of rotatable bonds is 2. The topological polar surface area (TPSA) is 27.8 Å². The lowest BCUT2D eigenvalue weighted by atomic mass is 10.1. The SMILES string of the molecule is Fc1cccc(Sc2ccc3[nH]c4c(c3c2)CNCC4)c1. The first-order valence-corrected chi connectivity index (χ1v) is 7.89. The van der Waals surface area contributed by atoms with E-state index >= 15 is 0 Å². The summed E-state index contributed by atoms with van der Waals surface area (Å²) in [5.74, 6) is -0.190. The maximum Gasteiger partial charge on any atom is 0.124 e. The van der Waals surface area contributed by atoms with E-state index in [0.717, 1.165) is 29.3 Å². The summed E-state index contributed by atoms with van der Waals surface area (Å²) in [6.07, 6.45) is 1.05. The minimum Gasteiger partial charge on any atom is -0.358 e. The first kappa shape index (κ1) is 12.9. The molecule has 1 aromatic heterocycles. The van der Waals surface area contributed by atoms with E-state index < -0.39 is 0 Å². The summed E-state index contributed by atoms with van der Waals surface area (Å²) in [6, 6.07) is 13.1. The number of hydrogen-bond donors (Lipinski definition) is 2. The summed E-state index contributed by atoms with van der Waals surface area (Å²) in [5, 5.41) is 4.70. The predicted molar refractivity (Wildman–Crippen MR) is 84.2 cm³/mol. The summed E-state index contributed by atoms with van der Waals surface area (Å²) in [4.78, 5) is 5.57. The van der Waals surface area contributed by atoms with Crippen molar-refractivity contribution in [3.63, 3.8) is 0 Å². The molecule has 4 heteroatoms. The highest BCUT2D eigenvalue weighted by molar-refractivity contribution is 7.99. The van der Waals surface area contributed by atoms with Gasteiger partial charge >= 0.3 is 0 Å². The van der Waals surface area contributed by atoms with Crippen molar-refractivity contribution in [3.05, 3.63) is 59.5 Å². The zero-order chi connectivity index (χ0) is 14.2. The second-order valence-corrected chi connectivity index (χ2v) is 6.42. The molecule has 0 unspecified atom stereocenters. The van der Waals surface area contributed by atoms with Crippen LogP contribution in [0.3, 0.4) is 0 Å². The van der Waals surface area contributed by atoms with Gasteiger partial charge in [-0.2, -0.15) is 0 Å². The van der Waals surface area contributed by atoms with Gasteiger partial charge in [0.2, 0.25) is 0 Å². The zero-order valence-electron chi connectivity index (χ0n) is 11.4. The number of halogens is 1. The molecule has 0 atom stereocenters. The van der Waals surface area contributed by atoms with Crippen LogP contribution in [0.25, 0.3) is 10.9 Å². The quantitative estimate of drug-likeness (QED) is 0.745. The van der Waals surface area contributed by atoms with Crippen LogP contribution in [0.1, 0.15) is 11.3 Å². The van der Waals surface area contributed by atoms with Gasteiger partial charge in [0.15, 0.2) is 0 Å². The molecule has 0 amide bonds. The molecule has 2 N–H and O–H groups in total. The van der Waals surface area contributed by atoms with Crippen LogP contribution < -0.4 is 5.32 Å². The second-order valence-electron chi connectivity index (χ2n) is 5.28. The maximum absolute atomic E-state index is 13.3. The molecule has 1 aliphatic rings. The Morgan fingerprint density at radius 1 is 1.05 bits per heavy atom. The number of fused-ring (bicyclic) bond motifs is 3. The van der Waals surface area contributed by atoms with Gasteiger partial charge in [-0.25, -0.2) is 4.39 Å².